The van der Waals surface area contributed by atoms with Crippen LogP contribution in [0, 0.1) is 23.2 Å². The molecule has 166 valence electrons. The van der Waals surface area contributed by atoms with E-state index in [2.05, 4.69) is 27.7 Å². The Labute approximate surface area is 177 Å². The van der Waals surface area contributed by atoms with Gasteiger partial charge < -0.3 is 25.0 Å². The van der Waals surface area contributed by atoms with Gasteiger partial charge in [0.25, 0.3) is 0 Å². The monoisotopic (exact) mass is 408 g/mol. The second-order valence-electron chi connectivity index (χ2n) is 11.1. The van der Waals surface area contributed by atoms with E-state index >= 15 is 0 Å². The molecule has 3 aliphatic rings. The van der Waals surface area contributed by atoms with Crippen LogP contribution in [0.3, 0.4) is 0 Å². The molecule has 3 rings (SSSR count). The fourth-order valence-electron chi connectivity index (χ4n) is 6.08. The van der Waals surface area contributed by atoms with Crippen molar-refractivity contribution in [2.75, 3.05) is 20.6 Å². The molecule has 2 aliphatic carbocycles. The lowest BCUT2D eigenvalue weighted by molar-refractivity contribution is -0.148. The number of rotatable bonds is 6. The average molecular weight is 408 g/mol. The molecule has 0 amide bonds. The van der Waals surface area contributed by atoms with Gasteiger partial charge in [-0.2, -0.15) is 0 Å². The molecule has 0 aromatic heterocycles. The highest BCUT2D eigenvalue weighted by molar-refractivity contribution is 6.45. The van der Waals surface area contributed by atoms with E-state index in [4.69, 9.17) is 15.0 Å². The Hall–Kier alpha value is -0.625. The van der Waals surface area contributed by atoms with Crippen molar-refractivity contribution in [3.05, 3.63) is 0 Å². The molecule has 0 aromatic rings. The van der Waals surface area contributed by atoms with Crippen molar-refractivity contribution in [1.82, 2.24) is 4.90 Å². The lowest BCUT2D eigenvalue weighted by Crippen LogP contribution is -2.59. The molecule has 3 N–H and O–H groups in total. The number of nitrogens with two attached hydrogens (primary N) is 1. The minimum atomic E-state index is -1.14. The van der Waals surface area contributed by atoms with Gasteiger partial charge in [-0.15, -0.1) is 0 Å². The van der Waals surface area contributed by atoms with E-state index in [0.29, 0.717) is 18.3 Å². The highest BCUT2D eigenvalue weighted by Gasteiger charge is 2.57. The Balaban J connectivity index is 1.58. The van der Waals surface area contributed by atoms with Gasteiger partial charge in [-0.3, -0.25) is 4.79 Å². The van der Waals surface area contributed by atoms with Crippen molar-refractivity contribution in [3.63, 3.8) is 0 Å². The van der Waals surface area contributed by atoms with Crippen molar-refractivity contribution in [2.45, 2.75) is 89.8 Å². The molecule has 6 nitrogen and oxygen atoms in total. The van der Waals surface area contributed by atoms with E-state index in [0.717, 1.165) is 45.0 Å². The molecule has 1 heterocycles. The van der Waals surface area contributed by atoms with E-state index in [1.165, 1.54) is 0 Å². The predicted molar refractivity (Wildman–Crippen MR) is 116 cm³/mol. The summed E-state index contributed by atoms with van der Waals surface area (Å²) in [6, 6.07) is 0. The summed E-state index contributed by atoms with van der Waals surface area (Å²) in [5.74, 6) is -0.123. The van der Waals surface area contributed by atoms with E-state index < -0.39 is 11.5 Å². The first-order valence-electron chi connectivity index (χ1n) is 11.4. The molecule has 3 fully saturated rings. The topological polar surface area (TPSA) is 85.0 Å². The van der Waals surface area contributed by atoms with Gasteiger partial charge in [0.05, 0.1) is 11.7 Å². The van der Waals surface area contributed by atoms with Crippen LogP contribution in [0.25, 0.3) is 0 Å². The fourth-order valence-corrected chi connectivity index (χ4v) is 6.08. The van der Waals surface area contributed by atoms with Gasteiger partial charge in [0.2, 0.25) is 0 Å². The molecule has 2 saturated carbocycles. The number of hydrogen-bond donors (Lipinski definition) is 2. The molecule has 1 saturated heterocycles. The summed E-state index contributed by atoms with van der Waals surface area (Å²) in [4.78, 5) is 14.0. The van der Waals surface area contributed by atoms with Crippen LogP contribution in [0.1, 0.15) is 66.2 Å². The van der Waals surface area contributed by atoms with Gasteiger partial charge in [-0.1, -0.05) is 27.2 Å². The molecule has 0 radical (unpaired) electrons. The van der Waals surface area contributed by atoms with Crippen LogP contribution in [-0.4, -0.2) is 61.0 Å². The van der Waals surface area contributed by atoms with E-state index in [-0.39, 0.29) is 30.2 Å². The minimum Gasteiger partial charge on any atom is -0.480 e. The third-order valence-electron chi connectivity index (χ3n) is 8.50. The van der Waals surface area contributed by atoms with Crippen LogP contribution in [0.5, 0.6) is 0 Å². The fraction of sp³-hybridized carbons (Fsp3) is 0.955. The number of hydrogen-bond acceptors (Lipinski definition) is 5. The second kappa shape index (κ2) is 8.14. The van der Waals surface area contributed by atoms with Crippen molar-refractivity contribution in [1.29, 1.82) is 0 Å². The summed E-state index contributed by atoms with van der Waals surface area (Å²) in [5, 5.41) is 9.84. The van der Waals surface area contributed by atoms with Crippen molar-refractivity contribution >= 4 is 13.1 Å². The largest absolute Gasteiger partial charge is 0.480 e. The Morgan fingerprint density at radius 1 is 1.24 bits per heavy atom. The number of carboxylic acids is 1. The number of nitrogens with zero attached hydrogens (tertiary/aromatic N) is 1. The maximum atomic E-state index is 12.0. The Kier molecular flexibility index (Phi) is 6.47. The summed E-state index contributed by atoms with van der Waals surface area (Å²) >= 11 is 0. The number of fused-ring (bicyclic) bond motifs is 1. The highest BCUT2D eigenvalue weighted by atomic mass is 16.7. The standard InChI is InChI=1S/C22H41BN2O4/c1-15-20(2,3)11-9-18-21(15,4)29-23(28-18)12-10-16-7-8-17(14-25(5)6)22(24,13-16)19(26)27/h15-18H,7-14,24H2,1-6H3,(H,26,27)/t15-,16+,17+,18+,21-,22-/m1/s1. The molecule has 0 bridgehead atoms. The van der Waals surface area contributed by atoms with Gasteiger partial charge >= 0.3 is 13.1 Å². The maximum absolute atomic E-state index is 12.0. The van der Waals surface area contributed by atoms with Crippen molar-refractivity contribution in [3.8, 4) is 0 Å². The van der Waals surface area contributed by atoms with Crippen LogP contribution in [0.15, 0.2) is 0 Å². The summed E-state index contributed by atoms with van der Waals surface area (Å²) in [5.41, 5.74) is 5.34. The Morgan fingerprint density at radius 3 is 2.55 bits per heavy atom. The molecule has 7 heteroatoms. The van der Waals surface area contributed by atoms with Gasteiger partial charge in [0.1, 0.15) is 5.54 Å². The van der Waals surface area contributed by atoms with Gasteiger partial charge in [0.15, 0.2) is 0 Å². The number of carbonyl (C=O) groups is 1. The molecule has 0 aromatic carbocycles. The van der Waals surface area contributed by atoms with Crippen LogP contribution >= 0.6 is 0 Å². The van der Waals surface area contributed by atoms with Crippen molar-refractivity contribution in [2.24, 2.45) is 28.9 Å². The zero-order chi connectivity index (χ0) is 21.6. The maximum Gasteiger partial charge on any atom is 0.457 e. The van der Waals surface area contributed by atoms with E-state index in [1.807, 2.05) is 19.0 Å². The third-order valence-corrected chi connectivity index (χ3v) is 8.50. The number of aliphatic carboxylic acids is 1. The smallest absolute Gasteiger partial charge is 0.457 e. The predicted octanol–water partition coefficient (Wildman–Crippen LogP) is 3.25. The SMILES string of the molecule is C[C@@H]1C(C)(C)CC[C@@H]2OB(CC[C@@H]3CC[C@@H](CN(C)C)[C@@](N)(C(=O)O)C3)O[C@@]21C. The first kappa shape index (κ1) is 23.0. The lowest BCUT2D eigenvalue weighted by Gasteiger charge is -2.49. The molecule has 0 spiro atoms. The van der Waals surface area contributed by atoms with E-state index in [1.54, 1.807) is 0 Å². The Morgan fingerprint density at radius 2 is 1.93 bits per heavy atom. The summed E-state index contributed by atoms with van der Waals surface area (Å²) in [7, 11) is 3.77. The van der Waals surface area contributed by atoms with Gasteiger partial charge in [0, 0.05) is 12.5 Å². The molecular weight excluding hydrogens is 367 g/mol. The molecule has 29 heavy (non-hydrogen) atoms. The quantitative estimate of drug-likeness (QED) is 0.657. The Bertz CT molecular complexity index is 616. The first-order valence-corrected chi connectivity index (χ1v) is 11.4. The first-order chi connectivity index (χ1) is 13.4. The average Bonchev–Trinajstić information content (AvgIpc) is 2.96. The lowest BCUT2D eigenvalue weighted by atomic mass is 9.61. The molecule has 0 unspecified atom stereocenters. The van der Waals surface area contributed by atoms with Gasteiger partial charge in [-0.25, -0.2) is 0 Å². The third kappa shape index (κ3) is 4.39. The molecular formula is C22H41BN2O4. The van der Waals surface area contributed by atoms with Crippen LogP contribution in [0.4, 0.5) is 0 Å². The van der Waals surface area contributed by atoms with Crippen LogP contribution in [0.2, 0.25) is 6.32 Å². The number of carboxylic acid groups (broad SMARTS) is 1. The summed E-state index contributed by atoms with van der Waals surface area (Å²) in [6.07, 6.45) is 6.53. The molecule has 1 aliphatic heterocycles. The van der Waals surface area contributed by atoms with Crippen molar-refractivity contribution < 1.29 is 19.2 Å². The van der Waals surface area contributed by atoms with Gasteiger partial charge in [-0.05, 0) is 76.7 Å². The van der Waals surface area contributed by atoms with E-state index in [9.17, 15) is 9.90 Å². The minimum absolute atomic E-state index is 0.00454. The van der Waals surface area contributed by atoms with Crippen LogP contribution in [-0.2, 0) is 14.1 Å². The molecule has 6 atom stereocenters. The second-order valence-corrected chi connectivity index (χ2v) is 11.1. The highest BCUT2D eigenvalue weighted by Crippen LogP contribution is 2.52. The summed E-state index contributed by atoms with van der Waals surface area (Å²) in [6.45, 7) is 9.88. The summed E-state index contributed by atoms with van der Waals surface area (Å²) < 4.78 is 12.8. The normalized spacial score (nSPS) is 42.1. The van der Waals surface area contributed by atoms with Crippen LogP contribution < -0.4 is 5.73 Å². The zero-order valence-electron chi connectivity index (χ0n) is 19.2. The zero-order valence-corrected chi connectivity index (χ0v) is 19.2.